The number of nitrogens with zero attached hydrogens (tertiary/aromatic N) is 1. The fourth-order valence-corrected chi connectivity index (χ4v) is 0.504. The maximum absolute atomic E-state index is 5.40. The normalized spacial score (nSPS) is 8.67. The van der Waals surface area contributed by atoms with Crippen molar-refractivity contribution in [3.05, 3.63) is 11.3 Å². The van der Waals surface area contributed by atoms with Gasteiger partial charge in [0.1, 0.15) is 5.82 Å². The van der Waals surface area contributed by atoms with E-state index < -0.39 is 0 Å². The van der Waals surface area contributed by atoms with E-state index >= 15 is 0 Å². The minimum absolute atomic E-state index is 0. The van der Waals surface area contributed by atoms with E-state index in [1.54, 1.807) is 0 Å². The summed E-state index contributed by atoms with van der Waals surface area (Å²) in [7, 11) is 0. The molecule has 0 saturated carbocycles. The van der Waals surface area contributed by atoms with E-state index in [-0.39, 0.29) is 12.4 Å². The first-order chi connectivity index (χ1) is 3.72. The van der Waals surface area contributed by atoms with Crippen LogP contribution in [0.15, 0.2) is 0 Å². The topological polar surface area (TPSA) is 54.7 Å². The van der Waals surface area contributed by atoms with Gasteiger partial charge < -0.3 is 5.73 Å². The van der Waals surface area contributed by atoms with Crippen molar-refractivity contribution >= 4 is 18.2 Å². The van der Waals surface area contributed by atoms with E-state index in [0.717, 1.165) is 11.3 Å². The van der Waals surface area contributed by atoms with Crippen molar-refractivity contribution in [3.8, 4) is 0 Å². The zero-order valence-corrected chi connectivity index (χ0v) is 6.25. The third-order valence-electron chi connectivity index (χ3n) is 1.29. The number of hydrogen-bond acceptors (Lipinski definition) is 2. The lowest BCUT2D eigenvalue weighted by Crippen LogP contribution is -1.85. The van der Waals surface area contributed by atoms with Crippen LogP contribution in [0, 0.1) is 13.8 Å². The van der Waals surface area contributed by atoms with Gasteiger partial charge in [0.2, 0.25) is 0 Å². The standard InChI is InChI=1S/C5H9N3.ClH/c1-3-4(2)7-8-5(3)6;/h1-2H3,(H3,6,7,8);1H. The zero-order chi connectivity index (χ0) is 6.15. The highest BCUT2D eigenvalue weighted by Gasteiger charge is 1.97. The van der Waals surface area contributed by atoms with Gasteiger partial charge in [-0.1, -0.05) is 0 Å². The highest BCUT2D eigenvalue weighted by molar-refractivity contribution is 5.85. The predicted molar refractivity (Wildman–Crippen MR) is 39.7 cm³/mol. The summed E-state index contributed by atoms with van der Waals surface area (Å²) in [6.45, 7) is 3.88. The van der Waals surface area contributed by atoms with E-state index in [1.807, 2.05) is 13.8 Å². The molecule has 9 heavy (non-hydrogen) atoms. The molecule has 0 aromatic carbocycles. The molecule has 3 nitrogen and oxygen atoms in total. The number of halogens is 1. The summed E-state index contributed by atoms with van der Waals surface area (Å²) in [4.78, 5) is 0. The number of hydrogen-bond donors (Lipinski definition) is 2. The fourth-order valence-electron chi connectivity index (χ4n) is 0.504. The summed E-state index contributed by atoms with van der Waals surface area (Å²) in [5, 5.41) is 6.53. The van der Waals surface area contributed by atoms with Gasteiger partial charge in [-0.3, -0.25) is 5.10 Å². The van der Waals surface area contributed by atoms with Crippen LogP contribution in [0.2, 0.25) is 0 Å². The van der Waals surface area contributed by atoms with Gasteiger partial charge in [0.05, 0.1) is 0 Å². The molecule has 1 aromatic heterocycles. The number of nitrogens with two attached hydrogens (primary N) is 1. The van der Waals surface area contributed by atoms with Crippen molar-refractivity contribution in [2.75, 3.05) is 5.73 Å². The lowest BCUT2D eigenvalue weighted by Gasteiger charge is -1.83. The molecule has 52 valence electrons. The number of aromatic amines is 1. The first-order valence-electron chi connectivity index (χ1n) is 2.49. The van der Waals surface area contributed by atoms with Gasteiger partial charge in [0, 0.05) is 11.3 Å². The molecule has 0 radical (unpaired) electrons. The van der Waals surface area contributed by atoms with Gasteiger partial charge in [-0.2, -0.15) is 5.10 Å². The quantitative estimate of drug-likeness (QED) is 0.576. The van der Waals surface area contributed by atoms with E-state index in [9.17, 15) is 0 Å². The smallest absolute Gasteiger partial charge is 0.148 e. The number of anilines is 1. The molecule has 0 atom stereocenters. The lowest BCUT2D eigenvalue weighted by molar-refractivity contribution is 1.05. The Morgan fingerprint density at radius 1 is 1.44 bits per heavy atom. The third kappa shape index (κ3) is 1.36. The third-order valence-corrected chi connectivity index (χ3v) is 1.29. The Morgan fingerprint density at radius 2 is 2.00 bits per heavy atom. The van der Waals surface area contributed by atoms with Crippen molar-refractivity contribution in [1.82, 2.24) is 10.2 Å². The molecule has 0 amide bonds. The highest BCUT2D eigenvalue weighted by Crippen LogP contribution is 2.07. The fraction of sp³-hybridized carbons (Fsp3) is 0.400. The summed E-state index contributed by atoms with van der Waals surface area (Å²) in [6, 6.07) is 0. The second kappa shape index (κ2) is 2.73. The second-order valence-electron chi connectivity index (χ2n) is 1.86. The Morgan fingerprint density at radius 3 is 2.11 bits per heavy atom. The number of aromatic nitrogens is 2. The van der Waals surface area contributed by atoms with Crippen molar-refractivity contribution < 1.29 is 0 Å². The minimum atomic E-state index is 0. The van der Waals surface area contributed by atoms with Gasteiger partial charge in [-0.05, 0) is 13.8 Å². The molecule has 1 heterocycles. The van der Waals surface area contributed by atoms with Crippen LogP contribution in [-0.2, 0) is 0 Å². The molecule has 1 rings (SSSR count). The van der Waals surface area contributed by atoms with Crippen molar-refractivity contribution in [3.63, 3.8) is 0 Å². The lowest BCUT2D eigenvalue weighted by atomic mass is 10.3. The predicted octanol–water partition coefficient (Wildman–Crippen LogP) is 1.03. The molecule has 1 aromatic rings. The number of nitrogen functional groups attached to an aromatic ring is 1. The van der Waals surface area contributed by atoms with Crippen LogP contribution in [0.5, 0.6) is 0 Å². The van der Waals surface area contributed by atoms with Gasteiger partial charge in [0.15, 0.2) is 0 Å². The number of aryl methyl sites for hydroxylation is 1. The Balaban J connectivity index is 0.000000640. The maximum Gasteiger partial charge on any atom is 0.148 e. The van der Waals surface area contributed by atoms with Crippen LogP contribution >= 0.6 is 12.4 Å². The second-order valence-corrected chi connectivity index (χ2v) is 1.86. The van der Waals surface area contributed by atoms with Gasteiger partial charge in [-0.25, -0.2) is 0 Å². The molecule has 0 bridgehead atoms. The summed E-state index contributed by atoms with van der Waals surface area (Å²) < 4.78 is 0. The van der Waals surface area contributed by atoms with E-state index in [0.29, 0.717) is 5.82 Å². The van der Waals surface area contributed by atoms with Crippen LogP contribution in [0.25, 0.3) is 0 Å². The van der Waals surface area contributed by atoms with E-state index in [2.05, 4.69) is 10.2 Å². The van der Waals surface area contributed by atoms with Crippen LogP contribution in [0.1, 0.15) is 11.3 Å². The zero-order valence-electron chi connectivity index (χ0n) is 5.43. The van der Waals surface area contributed by atoms with E-state index in [4.69, 9.17) is 5.73 Å². The van der Waals surface area contributed by atoms with Crippen molar-refractivity contribution in [1.29, 1.82) is 0 Å². The SMILES string of the molecule is Cc1[nH]nc(N)c1C.Cl. The summed E-state index contributed by atoms with van der Waals surface area (Å²) in [5.74, 6) is 0.600. The largest absolute Gasteiger partial charge is 0.382 e. The average molecular weight is 148 g/mol. The molecule has 4 heteroatoms. The summed E-state index contributed by atoms with van der Waals surface area (Å²) in [6.07, 6.45) is 0. The van der Waals surface area contributed by atoms with E-state index in [1.165, 1.54) is 0 Å². The van der Waals surface area contributed by atoms with Crippen molar-refractivity contribution in [2.45, 2.75) is 13.8 Å². The van der Waals surface area contributed by atoms with Crippen molar-refractivity contribution in [2.24, 2.45) is 0 Å². The number of rotatable bonds is 0. The summed E-state index contributed by atoms with van der Waals surface area (Å²) in [5.41, 5.74) is 7.49. The average Bonchev–Trinajstić information content (AvgIpc) is 1.98. The van der Waals surface area contributed by atoms with Crippen LogP contribution in [0.3, 0.4) is 0 Å². The molecule has 0 aliphatic rings. The molecule has 0 spiro atoms. The molecule has 0 aliphatic heterocycles. The summed E-state index contributed by atoms with van der Waals surface area (Å²) >= 11 is 0. The van der Waals surface area contributed by atoms with Crippen LogP contribution in [-0.4, -0.2) is 10.2 Å². The molecular weight excluding hydrogens is 138 g/mol. The Labute approximate surface area is 60.1 Å². The van der Waals surface area contributed by atoms with Gasteiger partial charge in [-0.15, -0.1) is 12.4 Å². The molecule has 3 N–H and O–H groups in total. The number of nitrogens with one attached hydrogen (secondary N) is 1. The molecule has 0 saturated heterocycles. The first kappa shape index (κ1) is 8.30. The number of H-pyrrole nitrogens is 1. The molecule has 0 unspecified atom stereocenters. The Hall–Kier alpha value is -0.700. The minimum Gasteiger partial charge on any atom is -0.382 e. The van der Waals surface area contributed by atoms with Crippen LogP contribution in [0.4, 0.5) is 5.82 Å². The molecule has 0 aliphatic carbocycles. The van der Waals surface area contributed by atoms with Crippen LogP contribution < -0.4 is 5.73 Å². The Bertz CT molecular complexity index is 175. The van der Waals surface area contributed by atoms with Gasteiger partial charge in [0.25, 0.3) is 0 Å². The molecular formula is C5H10ClN3. The maximum atomic E-state index is 5.40. The monoisotopic (exact) mass is 147 g/mol. The highest BCUT2D eigenvalue weighted by atomic mass is 35.5. The Kier molecular flexibility index (Phi) is 2.52. The first-order valence-corrected chi connectivity index (χ1v) is 2.49. The van der Waals surface area contributed by atoms with Gasteiger partial charge >= 0.3 is 0 Å². The molecule has 0 fully saturated rings.